The van der Waals surface area contributed by atoms with Crippen molar-refractivity contribution >= 4 is 5.78 Å². The minimum Gasteiger partial charge on any atom is -0.496 e. The van der Waals surface area contributed by atoms with Gasteiger partial charge >= 0.3 is 0 Å². The first-order valence-corrected chi connectivity index (χ1v) is 10.8. The number of benzene rings is 2. The highest BCUT2D eigenvalue weighted by atomic mass is 16.5. The monoisotopic (exact) mass is 414 g/mol. The van der Waals surface area contributed by atoms with Crippen LogP contribution < -0.4 is 18.9 Å². The lowest BCUT2D eigenvalue weighted by atomic mass is 10.00. The first-order valence-electron chi connectivity index (χ1n) is 10.8. The van der Waals surface area contributed by atoms with Gasteiger partial charge in [-0.1, -0.05) is 45.6 Å². The third-order valence-electron chi connectivity index (χ3n) is 4.87. The van der Waals surface area contributed by atoms with Crippen LogP contribution >= 0.6 is 0 Å². The summed E-state index contributed by atoms with van der Waals surface area (Å²) >= 11 is 0. The second kappa shape index (κ2) is 12.8. The van der Waals surface area contributed by atoms with Crippen LogP contribution in [-0.2, 0) is 0 Å². The maximum atomic E-state index is 13.4. The van der Waals surface area contributed by atoms with Gasteiger partial charge < -0.3 is 18.9 Å². The van der Waals surface area contributed by atoms with Gasteiger partial charge in [-0.3, -0.25) is 4.79 Å². The van der Waals surface area contributed by atoms with Crippen molar-refractivity contribution in [1.82, 2.24) is 0 Å². The molecule has 0 unspecified atom stereocenters. The molecule has 2 aromatic carbocycles. The Hall–Kier alpha value is -2.69. The van der Waals surface area contributed by atoms with E-state index < -0.39 is 0 Å². The minimum absolute atomic E-state index is 0.202. The fourth-order valence-corrected chi connectivity index (χ4v) is 3.19. The van der Waals surface area contributed by atoms with Gasteiger partial charge in [-0.15, -0.1) is 0 Å². The molecule has 0 aliphatic rings. The summed E-state index contributed by atoms with van der Waals surface area (Å²) in [6.45, 7) is 5.51. The van der Waals surface area contributed by atoms with Crippen LogP contribution in [0.5, 0.6) is 23.0 Å². The third kappa shape index (κ3) is 6.41. The standard InChI is InChI=1S/C25H34O5/c1-5-7-9-16-29-19-14-15-20(23(18-19)30-17-10-8-6-2)25(26)24-21(27-3)12-11-13-22(24)28-4/h11-15,18H,5-10,16-17H2,1-4H3. The van der Waals surface area contributed by atoms with E-state index in [0.717, 1.165) is 38.5 Å². The molecular formula is C25H34O5. The number of methoxy groups -OCH3 is 2. The van der Waals surface area contributed by atoms with Gasteiger partial charge in [-0.2, -0.15) is 0 Å². The number of hydrogen-bond donors (Lipinski definition) is 0. The molecule has 0 saturated heterocycles. The molecule has 0 heterocycles. The number of hydrogen-bond acceptors (Lipinski definition) is 5. The van der Waals surface area contributed by atoms with Crippen LogP contribution in [0.3, 0.4) is 0 Å². The van der Waals surface area contributed by atoms with Crippen molar-refractivity contribution in [1.29, 1.82) is 0 Å². The Morgan fingerprint density at radius 3 is 1.93 bits per heavy atom. The topological polar surface area (TPSA) is 54.0 Å². The van der Waals surface area contributed by atoms with E-state index in [1.807, 2.05) is 12.1 Å². The lowest BCUT2D eigenvalue weighted by molar-refractivity contribution is 0.102. The van der Waals surface area contributed by atoms with Crippen molar-refractivity contribution in [3.63, 3.8) is 0 Å². The van der Waals surface area contributed by atoms with Crippen LogP contribution in [0, 0.1) is 0 Å². The SMILES string of the molecule is CCCCCOc1ccc(C(=O)c2c(OC)cccc2OC)c(OCCCCC)c1. The Balaban J connectivity index is 2.33. The molecule has 2 rings (SSSR count). The molecule has 5 heteroatoms. The number of ketones is 1. The van der Waals surface area contributed by atoms with Crippen LogP contribution in [0.4, 0.5) is 0 Å². The average molecular weight is 415 g/mol. The number of unbranched alkanes of at least 4 members (excludes halogenated alkanes) is 4. The molecule has 2 aromatic rings. The van der Waals surface area contributed by atoms with Crippen molar-refractivity contribution in [2.45, 2.75) is 52.4 Å². The van der Waals surface area contributed by atoms with Crippen LogP contribution in [-0.4, -0.2) is 33.2 Å². The molecule has 0 radical (unpaired) electrons. The molecule has 0 N–H and O–H groups in total. The minimum atomic E-state index is -0.202. The van der Waals surface area contributed by atoms with Crippen molar-refractivity contribution in [3.8, 4) is 23.0 Å². The third-order valence-corrected chi connectivity index (χ3v) is 4.87. The summed E-state index contributed by atoms with van der Waals surface area (Å²) in [7, 11) is 3.09. The lowest BCUT2D eigenvalue weighted by Crippen LogP contribution is -2.10. The Kier molecular flexibility index (Phi) is 10.1. The fraction of sp³-hybridized carbons (Fsp3) is 0.480. The highest BCUT2D eigenvalue weighted by Crippen LogP contribution is 2.34. The summed E-state index contributed by atoms with van der Waals surface area (Å²) < 4.78 is 22.7. The van der Waals surface area contributed by atoms with Crippen LogP contribution in [0.2, 0.25) is 0 Å². The largest absolute Gasteiger partial charge is 0.496 e. The number of carbonyl (C=O) groups is 1. The maximum absolute atomic E-state index is 13.4. The van der Waals surface area contributed by atoms with Gasteiger partial charge in [0.05, 0.1) is 33.0 Å². The van der Waals surface area contributed by atoms with Gasteiger partial charge in [0, 0.05) is 6.07 Å². The fourth-order valence-electron chi connectivity index (χ4n) is 3.19. The van der Waals surface area contributed by atoms with Gasteiger partial charge in [-0.05, 0) is 37.1 Å². The molecule has 5 nitrogen and oxygen atoms in total. The number of carbonyl (C=O) groups excluding carboxylic acids is 1. The van der Waals surface area contributed by atoms with E-state index >= 15 is 0 Å². The van der Waals surface area contributed by atoms with Crippen LogP contribution in [0.15, 0.2) is 36.4 Å². The Morgan fingerprint density at radius 1 is 0.767 bits per heavy atom. The molecule has 0 saturated carbocycles. The molecule has 164 valence electrons. The van der Waals surface area contributed by atoms with Gasteiger partial charge in [0.15, 0.2) is 0 Å². The summed E-state index contributed by atoms with van der Waals surface area (Å²) in [5.74, 6) is 1.97. The molecular weight excluding hydrogens is 380 g/mol. The van der Waals surface area contributed by atoms with Crippen molar-refractivity contribution < 1.29 is 23.7 Å². The maximum Gasteiger partial charge on any atom is 0.204 e. The van der Waals surface area contributed by atoms with Gasteiger partial charge in [0.2, 0.25) is 5.78 Å². The van der Waals surface area contributed by atoms with E-state index in [4.69, 9.17) is 18.9 Å². The van der Waals surface area contributed by atoms with Crippen molar-refractivity contribution in [3.05, 3.63) is 47.5 Å². The van der Waals surface area contributed by atoms with Crippen molar-refractivity contribution in [2.75, 3.05) is 27.4 Å². The summed E-state index contributed by atoms with van der Waals surface area (Å²) in [5, 5.41) is 0. The summed E-state index contributed by atoms with van der Waals surface area (Å²) in [5.41, 5.74) is 0.854. The lowest BCUT2D eigenvalue weighted by Gasteiger charge is -2.16. The zero-order valence-electron chi connectivity index (χ0n) is 18.7. The molecule has 0 aliphatic heterocycles. The normalized spacial score (nSPS) is 10.5. The van der Waals surface area contributed by atoms with E-state index in [-0.39, 0.29) is 5.78 Å². The number of rotatable bonds is 14. The molecule has 0 atom stereocenters. The molecule has 30 heavy (non-hydrogen) atoms. The zero-order valence-corrected chi connectivity index (χ0v) is 18.7. The average Bonchev–Trinajstić information content (AvgIpc) is 2.78. The van der Waals surface area contributed by atoms with Gasteiger partial charge in [-0.25, -0.2) is 0 Å². The van der Waals surface area contributed by atoms with E-state index in [2.05, 4.69) is 13.8 Å². The zero-order chi connectivity index (χ0) is 21.8. The molecule has 0 fully saturated rings. The van der Waals surface area contributed by atoms with Crippen molar-refractivity contribution in [2.24, 2.45) is 0 Å². The van der Waals surface area contributed by atoms with E-state index in [0.29, 0.717) is 47.3 Å². The Bertz CT molecular complexity index is 778. The van der Waals surface area contributed by atoms with E-state index in [9.17, 15) is 4.79 Å². The second-order valence-corrected chi connectivity index (χ2v) is 7.14. The molecule has 0 spiro atoms. The van der Waals surface area contributed by atoms with Gasteiger partial charge in [0.1, 0.15) is 28.6 Å². The Morgan fingerprint density at radius 2 is 1.37 bits per heavy atom. The summed E-state index contributed by atoms with van der Waals surface area (Å²) in [4.78, 5) is 13.4. The highest BCUT2D eigenvalue weighted by molar-refractivity contribution is 6.14. The summed E-state index contributed by atoms with van der Waals surface area (Å²) in [6, 6.07) is 10.7. The van der Waals surface area contributed by atoms with Crippen LogP contribution in [0.25, 0.3) is 0 Å². The quantitative estimate of drug-likeness (QED) is 0.277. The Labute approximate surface area is 180 Å². The van der Waals surface area contributed by atoms with Gasteiger partial charge in [0.25, 0.3) is 0 Å². The van der Waals surface area contributed by atoms with Crippen LogP contribution in [0.1, 0.15) is 68.3 Å². The first-order chi connectivity index (χ1) is 14.7. The second-order valence-electron chi connectivity index (χ2n) is 7.14. The molecule has 0 bridgehead atoms. The van der Waals surface area contributed by atoms with E-state index in [1.54, 1.807) is 38.5 Å². The summed E-state index contributed by atoms with van der Waals surface area (Å²) in [6.07, 6.45) is 6.39. The van der Waals surface area contributed by atoms with E-state index in [1.165, 1.54) is 0 Å². The molecule has 0 aliphatic carbocycles. The number of ether oxygens (including phenoxy) is 4. The predicted molar refractivity (Wildman–Crippen MR) is 119 cm³/mol. The first kappa shape index (κ1) is 23.6. The smallest absolute Gasteiger partial charge is 0.204 e. The molecule has 0 aromatic heterocycles. The predicted octanol–water partition coefficient (Wildman–Crippen LogP) is 6.07. The highest BCUT2D eigenvalue weighted by Gasteiger charge is 2.23. The molecule has 0 amide bonds.